The zero-order valence-electron chi connectivity index (χ0n) is 22.0. The minimum atomic E-state index is -1.01. The highest BCUT2D eigenvalue weighted by Gasteiger charge is 2.29. The Morgan fingerprint density at radius 1 is 1.13 bits per heavy atom. The van der Waals surface area contributed by atoms with Crippen LogP contribution in [-0.4, -0.2) is 48.4 Å². The molecule has 2 aromatic carbocycles. The summed E-state index contributed by atoms with van der Waals surface area (Å²) in [4.78, 5) is 27.8. The van der Waals surface area contributed by atoms with Crippen molar-refractivity contribution in [3.63, 3.8) is 0 Å². The molecule has 1 aliphatic heterocycles. The zero-order valence-corrected chi connectivity index (χ0v) is 22.0. The minimum Gasteiger partial charge on any atom is -0.380 e. The van der Waals surface area contributed by atoms with Crippen molar-refractivity contribution in [2.45, 2.75) is 32.9 Å². The first kappa shape index (κ1) is 28.1. The molecule has 1 amide bonds. The van der Waals surface area contributed by atoms with Crippen LogP contribution in [0.1, 0.15) is 36.3 Å². The molecule has 1 fully saturated rings. The highest BCUT2D eigenvalue weighted by atomic mass is 19.1. The van der Waals surface area contributed by atoms with Gasteiger partial charge in [0.25, 0.3) is 11.5 Å². The van der Waals surface area contributed by atoms with Gasteiger partial charge in [-0.3, -0.25) is 9.59 Å². The van der Waals surface area contributed by atoms with Crippen molar-refractivity contribution in [1.29, 1.82) is 0 Å². The number of aromatic nitrogens is 2. The molecular weight excluding hydrogens is 511 g/mol. The molecule has 4 rings (SSSR count). The smallest absolute Gasteiger partial charge is 0.276 e. The number of carbonyl (C=O) groups excluding carboxylic acids is 1. The van der Waals surface area contributed by atoms with Gasteiger partial charge in [0, 0.05) is 43.4 Å². The Kier molecular flexibility index (Phi) is 8.56. The molecule has 1 saturated heterocycles. The Morgan fingerprint density at radius 3 is 2.46 bits per heavy atom. The van der Waals surface area contributed by atoms with Gasteiger partial charge in [0.05, 0.1) is 17.1 Å². The minimum absolute atomic E-state index is 0.0530. The third-order valence-electron chi connectivity index (χ3n) is 6.51. The van der Waals surface area contributed by atoms with Gasteiger partial charge in [-0.25, -0.2) is 13.2 Å². The summed E-state index contributed by atoms with van der Waals surface area (Å²) in [7, 11) is 1.74. The number of nitrogens with two attached hydrogens (primary N) is 1. The van der Waals surface area contributed by atoms with E-state index in [1.165, 1.54) is 6.07 Å². The third-order valence-corrected chi connectivity index (χ3v) is 6.51. The number of nitrogens with one attached hydrogen (secondary N) is 3. The Labute approximate surface area is 224 Å². The average molecular weight is 544 g/mol. The van der Waals surface area contributed by atoms with Crippen LogP contribution in [0.3, 0.4) is 0 Å². The van der Waals surface area contributed by atoms with E-state index >= 15 is 4.39 Å². The van der Waals surface area contributed by atoms with Gasteiger partial charge in [-0.05, 0) is 58.0 Å². The number of hydrogen-bond acceptors (Lipinski definition) is 7. The van der Waals surface area contributed by atoms with E-state index in [9.17, 15) is 18.4 Å². The fraction of sp³-hybridized carbons (Fsp3) is 0.370. The topological polar surface area (TPSA) is 117 Å². The van der Waals surface area contributed by atoms with Crippen molar-refractivity contribution in [1.82, 2.24) is 15.1 Å². The molecule has 0 radical (unpaired) electrons. The van der Waals surface area contributed by atoms with Crippen LogP contribution in [-0.2, 0) is 6.54 Å². The van der Waals surface area contributed by atoms with E-state index in [1.807, 2.05) is 13.8 Å². The number of carbonyl (C=O) groups is 1. The van der Waals surface area contributed by atoms with E-state index < -0.39 is 34.6 Å². The van der Waals surface area contributed by atoms with E-state index in [4.69, 9.17) is 5.73 Å². The molecule has 1 aromatic heterocycles. The van der Waals surface area contributed by atoms with E-state index in [1.54, 1.807) is 7.05 Å². The van der Waals surface area contributed by atoms with Crippen LogP contribution in [0.2, 0.25) is 0 Å². The van der Waals surface area contributed by atoms with Crippen LogP contribution < -0.4 is 32.1 Å². The van der Waals surface area contributed by atoms with Crippen LogP contribution in [0, 0.1) is 23.4 Å². The predicted molar refractivity (Wildman–Crippen MR) is 145 cm³/mol. The first-order valence-corrected chi connectivity index (χ1v) is 12.7. The number of halogens is 3. The lowest BCUT2D eigenvalue weighted by molar-refractivity contribution is 0.102. The molecule has 0 saturated carbocycles. The number of hydrogen-bond donors (Lipinski definition) is 4. The number of para-hydroxylation sites is 1. The molecule has 12 heteroatoms. The van der Waals surface area contributed by atoms with Gasteiger partial charge >= 0.3 is 0 Å². The summed E-state index contributed by atoms with van der Waals surface area (Å²) in [5.74, 6) is -3.13. The van der Waals surface area contributed by atoms with Crippen LogP contribution in [0.4, 0.5) is 30.2 Å². The lowest BCUT2D eigenvalue weighted by Crippen LogP contribution is -2.29. The van der Waals surface area contributed by atoms with Crippen molar-refractivity contribution in [3.8, 4) is 5.69 Å². The second-order valence-electron chi connectivity index (χ2n) is 9.77. The molecule has 39 heavy (non-hydrogen) atoms. The highest BCUT2D eigenvalue weighted by Crippen LogP contribution is 2.40. The maximum Gasteiger partial charge on any atom is 0.276 e. The van der Waals surface area contributed by atoms with Crippen molar-refractivity contribution in [3.05, 3.63) is 75.5 Å². The Bertz CT molecular complexity index is 1410. The molecule has 9 nitrogen and oxygen atoms in total. The second-order valence-corrected chi connectivity index (χ2v) is 9.77. The van der Waals surface area contributed by atoms with E-state index in [2.05, 4.69) is 25.9 Å². The fourth-order valence-electron chi connectivity index (χ4n) is 4.74. The molecule has 0 unspecified atom stereocenters. The van der Waals surface area contributed by atoms with E-state index in [0.717, 1.165) is 36.8 Å². The first-order chi connectivity index (χ1) is 18.6. The molecule has 0 bridgehead atoms. The van der Waals surface area contributed by atoms with Crippen LogP contribution in [0.5, 0.6) is 0 Å². The molecule has 5 N–H and O–H groups in total. The molecule has 2 heterocycles. The van der Waals surface area contributed by atoms with Crippen LogP contribution in [0.15, 0.2) is 41.2 Å². The molecule has 0 spiro atoms. The number of anilines is 3. The zero-order chi connectivity index (χ0) is 28.3. The first-order valence-electron chi connectivity index (χ1n) is 12.7. The molecule has 3 aromatic rings. The molecule has 0 aliphatic carbocycles. The summed E-state index contributed by atoms with van der Waals surface area (Å²) in [6, 6.07) is 6.43. The van der Waals surface area contributed by atoms with Gasteiger partial charge in [-0.2, -0.15) is 9.78 Å². The quantitative estimate of drug-likeness (QED) is 0.327. The third kappa shape index (κ3) is 5.91. The standard InChI is InChI=1S/C27H32F3N7O2/c1-15(2)33-24-17(13-32-3)25(36-10-9-16(12-31)14-36)22(11-20(24)30)34-27(39)21-7-8-23(38)37(35-21)26-18(28)5-4-6-19(26)29/h4-8,11,15-16,32-33H,9-10,12-14,31H2,1-3H3,(H,34,39)/t16-/m0/s1. The maximum atomic E-state index is 15.5. The Hall–Kier alpha value is -3.90. The van der Waals surface area contributed by atoms with Gasteiger partial charge in [-0.1, -0.05) is 6.07 Å². The monoisotopic (exact) mass is 543 g/mol. The lowest BCUT2D eigenvalue weighted by atomic mass is 10.0. The van der Waals surface area contributed by atoms with Gasteiger partial charge in [0.2, 0.25) is 0 Å². The lowest BCUT2D eigenvalue weighted by Gasteiger charge is -2.28. The van der Waals surface area contributed by atoms with Crippen LogP contribution >= 0.6 is 0 Å². The Morgan fingerprint density at radius 2 is 1.85 bits per heavy atom. The molecule has 208 valence electrons. The summed E-state index contributed by atoms with van der Waals surface area (Å²) in [5, 5.41) is 12.9. The second kappa shape index (κ2) is 11.9. The SMILES string of the molecule is CNCc1c(NC(C)C)c(F)cc(NC(=O)c2ccc(=O)n(-c3c(F)cccc3F)n2)c1N1CC[C@@H](CN)C1. The molecular formula is C27H32F3N7O2. The summed E-state index contributed by atoms with van der Waals surface area (Å²) in [6.07, 6.45) is 0.841. The van der Waals surface area contributed by atoms with E-state index in [0.29, 0.717) is 47.8 Å². The highest BCUT2D eigenvalue weighted by molar-refractivity contribution is 6.05. The van der Waals surface area contributed by atoms with Crippen molar-refractivity contribution >= 4 is 23.0 Å². The normalized spacial score (nSPS) is 15.2. The number of nitrogens with zero attached hydrogens (tertiary/aromatic N) is 3. The van der Waals surface area contributed by atoms with Gasteiger partial charge in [0.15, 0.2) is 11.6 Å². The summed E-state index contributed by atoms with van der Waals surface area (Å²) in [5.41, 5.74) is 5.88. The number of benzene rings is 2. The Balaban J connectivity index is 1.79. The average Bonchev–Trinajstić information content (AvgIpc) is 3.36. The van der Waals surface area contributed by atoms with Gasteiger partial charge < -0.3 is 26.6 Å². The summed E-state index contributed by atoms with van der Waals surface area (Å²) in [6.45, 7) is 5.89. The van der Waals surface area contributed by atoms with E-state index in [-0.39, 0.29) is 23.3 Å². The summed E-state index contributed by atoms with van der Waals surface area (Å²) < 4.78 is 44.7. The van der Waals surface area contributed by atoms with Crippen molar-refractivity contribution in [2.24, 2.45) is 11.7 Å². The van der Waals surface area contributed by atoms with Gasteiger partial charge in [0.1, 0.15) is 17.2 Å². The van der Waals surface area contributed by atoms with Crippen LogP contribution in [0.25, 0.3) is 5.69 Å². The predicted octanol–water partition coefficient (Wildman–Crippen LogP) is 3.23. The summed E-state index contributed by atoms with van der Waals surface area (Å²) >= 11 is 0. The molecule has 1 atom stereocenters. The number of rotatable bonds is 9. The fourth-order valence-corrected chi connectivity index (χ4v) is 4.74. The van der Waals surface area contributed by atoms with Gasteiger partial charge in [-0.15, -0.1) is 0 Å². The maximum absolute atomic E-state index is 15.5. The van der Waals surface area contributed by atoms with Crippen molar-refractivity contribution < 1.29 is 18.0 Å². The number of amides is 1. The molecule has 1 aliphatic rings. The van der Waals surface area contributed by atoms with Crippen molar-refractivity contribution in [2.75, 3.05) is 42.2 Å². The largest absolute Gasteiger partial charge is 0.380 e.